The standard InChI is InChI=1S/C5H9.Li/c1-2-4-5-3-1;/h1H,2-5H2;/q-1;+1. The molecule has 0 aromatic rings. The maximum Gasteiger partial charge on any atom is 1.00 e. The molecule has 0 heterocycles. The first kappa shape index (κ1) is 6.60. The zero-order valence-electron chi connectivity index (χ0n) is 4.41. The number of hydrogen-bond donors (Lipinski definition) is 0. The van der Waals surface area contributed by atoms with E-state index in [2.05, 4.69) is 6.42 Å². The molecule has 0 spiro atoms. The molecule has 0 aromatic heterocycles. The third-order valence-corrected chi connectivity index (χ3v) is 1.07. The van der Waals surface area contributed by atoms with Crippen LogP contribution in [0.4, 0.5) is 0 Å². The van der Waals surface area contributed by atoms with Gasteiger partial charge in [-0.1, -0.05) is 12.8 Å². The number of rotatable bonds is 0. The molecule has 0 N–H and O–H groups in total. The second-order valence-corrected chi connectivity index (χ2v) is 1.57. The molecule has 0 radical (unpaired) electrons. The van der Waals surface area contributed by atoms with E-state index in [9.17, 15) is 0 Å². The summed E-state index contributed by atoms with van der Waals surface area (Å²) < 4.78 is 0. The summed E-state index contributed by atoms with van der Waals surface area (Å²) in [6.07, 6.45) is 8.00. The van der Waals surface area contributed by atoms with Gasteiger partial charge in [0, 0.05) is 0 Å². The van der Waals surface area contributed by atoms with Crippen LogP contribution in [0.2, 0.25) is 0 Å². The van der Waals surface area contributed by atoms with Gasteiger partial charge in [0.2, 0.25) is 0 Å². The van der Waals surface area contributed by atoms with Crippen LogP contribution in [-0.2, 0) is 0 Å². The van der Waals surface area contributed by atoms with Crippen LogP contribution in [0.5, 0.6) is 0 Å². The molecule has 1 aliphatic rings. The van der Waals surface area contributed by atoms with E-state index in [1.165, 1.54) is 25.7 Å². The van der Waals surface area contributed by atoms with Gasteiger partial charge < -0.3 is 6.42 Å². The second-order valence-electron chi connectivity index (χ2n) is 1.57. The Hall–Kier alpha value is 0.597. The maximum absolute atomic E-state index is 2.36. The zero-order chi connectivity index (χ0) is 3.54. The molecular weight excluding hydrogens is 67.0 g/mol. The van der Waals surface area contributed by atoms with Gasteiger partial charge in [0.05, 0.1) is 0 Å². The van der Waals surface area contributed by atoms with Gasteiger partial charge in [-0.15, -0.1) is 0 Å². The molecule has 30 valence electrons. The van der Waals surface area contributed by atoms with E-state index in [0.29, 0.717) is 0 Å². The first-order valence-corrected chi connectivity index (χ1v) is 2.32. The zero-order valence-corrected chi connectivity index (χ0v) is 4.41. The molecule has 0 bridgehead atoms. The summed E-state index contributed by atoms with van der Waals surface area (Å²) in [5.74, 6) is 0. The summed E-state index contributed by atoms with van der Waals surface area (Å²) in [4.78, 5) is 0. The minimum atomic E-state index is 0. The van der Waals surface area contributed by atoms with Gasteiger partial charge in [-0.05, 0) is 0 Å². The Morgan fingerprint density at radius 1 is 1.00 bits per heavy atom. The molecule has 1 heteroatoms. The summed E-state index contributed by atoms with van der Waals surface area (Å²) in [6, 6.07) is 0. The van der Waals surface area contributed by atoms with E-state index in [1.54, 1.807) is 0 Å². The average Bonchev–Trinajstić information content (AvgIpc) is 1.76. The third-order valence-electron chi connectivity index (χ3n) is 1.07. The molecule has 1 rings (SSSR count). The minimum Gasteiger partial charge on any atom is -0.328 e. The normalized spacial score (nSPS) is 20.0. The Labute approximate surface area is 51.5 Å². The molecule has 0 atom stereocenters. The topological polar surface area (TPSA) is 0 Å². The molecule has 0 amide bonds. The average molecular weight is 76.1 g/mol. The fraction of sp³-hybridized carbons (Fsp3) is 0.800. The Morgan fingerprint density at radius 2 is 1.50 bits per heavy atom. The van der Waals surface area contributed by atoms with Crippen LogP contribution in [0.15, 0.2) is 0 Å². The van der Waals surface area contributed by atoms with Crippen molar-refractivity contribution in [3.8, 4) is 0 Å². The SMILES string of the molecule is [CH-]1CCCC1.[Li+]. The van der Waals surface area contributed by atoms with Gasteiger partial charge in [0.25, 0.3) is 0 Å². The Kier molecular flexibility index (Phi) is 4.15. The monoisotopic (exact) mass is 76.1 g/mol. The molecule has 0 unspecified atom stereocenters. The van der Waals surface area contributed by atoms with Gasteiger partial charge in [-0.3, -0.25) is 0 Å². The fourth-order valence-electron chi connectivity index (χ4n) is 0.722. The molecule has 0 aromatic carbocycles. The Morgan fingerprint density at radius 3 is 1.67 bits per heavy atom. The van der Waals surface area contributed by atoms with Crippen LogP contribution in [0, 0.1) is 6.42 Å². The first-order chi connectivity index (χ1) is 2.50. The van der Waals surface area contributed by atoms with Gasteiger partial charge in [-0.25, -0.2) is 0 Å². The van der Waals surface area contributed by atoms with E-state index in [0.717, 1.165) is 0 Å². The van der Waals surface area contributed by atoms with E-state index >= 15 is 0 Å². The van der Waals surface area contributed by atoms with Gasteiger partial charge >= 0.3 is 18.9 Å². The van der Waals surface area contributed by atoms with Crippen molar-refractivity contribution in [2.24, 2.45) is 0 Å². The summed E-state index contributed by atoms with van der Waals surface area (Å²) in [7, 11) is 0. The molecule has 0 saturated heterocycles. The van der Waals surface area contributed by atoms with Crippen LogP contribution in [-0.4, -0.2) is 0 Å². The largest absolute Gasteiger partial charge is 1.00 e. The molecule has 6 heavy (non-hydrogen) atoms. The predicted molar refractivity (Wildman–Crippen MR) is 22.8 cm³/mol. The van der Waals surface area contributed by atoms with Gasteiger partial charge in [-0.2, -0.15) is 12.8 Å². The van der Waals surface area contributed by atoms with Crippen LogP contribution >= 0.6 is 0 Å². The molecule has 1 fully saturated rings. The smallest absolute Gasteiger partial charge is 0.328 e. The van der Waals surface area contributed by atoms with E-state index in [-0.39, 0.29) is 18.9 Å². The Bertz CT molecular complexity index is 15.5. The van der Waals surface area contributed by atoms with E-state index < -0.39 is 0 Å². The van der Waals surface area contributed by atoms with E-state index in [4.69, 9.17) is 0 Å². The predicted octanol–water partition coefficient (Wildman–Crippen LogP) is -1.23. The minimum absolute atomic E-state index is 0. The third kappa shape index (κ3) is 1.90. The van der Waals surface area contributed by atoms with Crippen molar-refractivity contribution in [2.45, 2.75) is 25.7 Å². The summed E-state index contributed by atoms with van der Waals surface area (Å²) in [5, 5.41) is 0. The van der Waals surface area contributed by atoms with E-state index in [1.807, 2.05) is 0 Å². The van der Waals surface area contributed by atoms with Crippen LogP contribution in [0.1, 0.15) is 25.7 Å². The number of hydrogen-bond acceptors (Lipinski definition) is 0. The van der Waals surface area contributed by atoms with Gasteiger partial charge in [0.1, 0.15) is 0 Å². The molecule has 0 nitrogen and oxygen atoms in total. The van der Waals surface area contributed by atoms with Crippen LogP contribution in [0.3, 0.4) is 0 Å². The second kappa shape index (κ2) is 3.78. The summed E-state index contributed by atoms with van der Waals surface area (Å²) in [6.45, 7) is 0. The molecule has 0 aliphatic heterocycles. The molecule has 1 saturated carbocycles. The molecule has 1 aliphatic carbocycles. The quantitative estimate of drug-likeness (QED) is 0.250. The van der Waals surface area contributed by atoms with Crippen molar-refractivity contribution >= 4 is 0 Å². The summed E-state index contributed by atoms with van der Waals surface area (Å²) in [5.41, 5.74) is 0. The van der Waals surface area contributed by atoms with Crippen molar-refractivity contribution in [1.82, 2.24) is 0 Å². The van der Waals surface area contributed by atoms with Crippen molar-refractivity contribution in [3.05, 3.63) is 6.42 Å². The maximum atomic E-state index is 2.36. The first-order valence-electron chi connectivity index (χ1n) is 2.32. The van der Waals surface area contributed by atoms with Crippen molar-refractivity contribution in [1.29, 1.82) is 0 Å². The fourth-order valence-corrected chi connectivity index (χ4v) is 0.722. The Balaban J connectivity index is 0.000000250. The van der Waals surface area contributed by atoms with Crippen LogP contribution < -0.4 is 18.9 Å². The van der Waals surface area contributed by atoms with Crippen LogP contribution in [0.25, 0.3) is 0 Å². The van der Waals surface area contributed by atoms with Crippen molar-refractivity contribution in [2.75, 3.05) is 0 Å². The van der Waals surface area contributed by atoms with Crippen molar-refractivity contribution < 1.29 is 18.9 Å². The van der Waals surface area contributed by atoms with Gasteiger partial charge in [0.15, 0.2) is 0 Å². The van der Waals surface area contributed by atoms with Crippen molar-refractivity contribution in [3.63, 3.8) is 0 Å². The summed E-state index contributed by atoms with van der Waals surface area (Å²) >= 11 is 0. The molecular formula is C5H9Li.